The number of halogens is 1. The van der Waals surface area contributed by atoms with Gasteiger partial charge in [0, 0.05) is 24.8 Å². The summed E-state index contributed by atoms with van der Waals surface area (Å²) in [5.74, 6) is 0.271. The predicted molar refractivity (Wildman–Crippen MR) is 160 cm³/mol. The minimum atomic E-state index is -0.509. The lowest BCUT2D eigenvalue weighted by Crippen LogP contribution is -2.43. The molecule has 7 nitrogen and oxygen atoms in total. The van der Waals surface area contributed by atoms with Gasteiger partial charge in [-0.05, 0) is 86.5 Å². The van der Waals surface area contributed by atoms with Crippen LogP contribution in [0, 0.1) is 5.82 Å². The number of nitrogens with zero attached hydrogens (tertiary/aromatic N) is 5. The normalized spacial score (nSPS) is 19.1. The first-order chi connectivity index (χ1) is 20.1. The highest BCUT2D eigenvalue weighted by atomic mass is 19.1. The van der Waals surface area contributed by atoms with Gasteiger partial charge in [-0.3, -0.25) is 9.88 Å². The Morgan fingerprint density at radius 1 is 0.976 bits per heavy atom. The van der Waals surface area contributed by atoms with E-state index < -0.39 is 5.82 Å². The standard InChI is InChI=1S/C33H38FN5O2/c1-2-22-10-7-11-23-18-24(40)19-25(27(22)23)29-28(34)30-26(20-35-29)31(38-14-5-3-4-6-15-38)37-32(36-30)41-21-33-12-8-16-39(33)17-9-13-33/h7,10-11,18-20,40H,2-6,8-9,12-17,21H2,1H3. The van der Waals surface area contributed by atoms with Crippen molar-refractivity contribution in [3.63, 3.8) is 0 Å². The molecule has 2 aromatic heterocycles. The number of aromatic nitrogens is 3. The van der Waals surface area contributed by atoms with Gasteiger partial charge in [0.15, 0.2) is 5.82 Å². The maximum atomic E-state index is 16.7. The van der Waals surface area contributed by atoms with Crippen LogP contribution >= 0.6 is 0 Å². The van der Waals surface area contributed by atoms with E-state index in [1.54, 1.807) is 18.3 Å². The molecule has 2 aromatic carbocycles. The first kappa shape index (κ1) is 26.4. The Morgan fingerprint density at radius 2 is 1.76 bits per heavy atom. The molecule has 0 aliphatic carbocycles. The predicted octanol–water partition coefficient (Wildman–Crippen LogP) is 6.64. The van der Waals surface area contributed by atoms with E-state index in [-0.39, 0.29) is 28.5 Å². The zero-order valence-electron chi connectivity index (χ0n) is 23.8. The fourth-order valence-corrected chi connectivity index (χ4v) is 7.43. The van der Waals surface area contributed by atoms with E-state index in [1.165, 1.54) is 25.7 Å². The Hall–Kier alpha value is -3.52. The fourth-order valence-electron chi connectivity index (χ4n) is 7.43. The van der Waals surface area contributed by atoms with Crippen LogP contribution in [0.1, 0.15) is 63.9 Å². The molecule has 214 valence electrons. The van der Waals surface area contributed by atoms with Crippen LogP contribution in [0.5, 0.6) is 11.8 Å². The third kappa shape index (κ3) is 4.66. The topological polar surface area (TPSA) is 74.6 Å². The number of benzene rings is 2. The van der Waals surface area contributed by atoms with Crippen molar-refractivity contribution >= 4 is 27.5 Å². The van der Waals surface area contributed by atoms with E-state index >= 15 is 4.39 Å². The summed E-state index contributed by atoms with van der Waals surface area (Å²) in [5, 5.41) is 12.9. The number of anilines is 1. The number of ether oxygens (including phenoxy) is 1. The summed E-state index contributed by atoms with van der Waals surface area (Å²) in [6.07, 6.45) is 11.6. The summed E-state index contributed by atoms with van der Waals surface area (Å²) < 4.78 is 23.1. The average Bonchev–Trinajstić information content (AvgIpc) is 3.45. The average molecular weight is 556 g/mol. The summed E-state index contributed by atoms with van der Waals surface area (Å²) >= 11 is 0. The molecule has 3 aliphatic heterocycles. The maximum absolute atomic E-state index is 16.7. The first-order valence-corrected chi connectivity index (χ1v) is 15.3. The van der Waals surface area contributed by atoms with Crippen LogP contribution in [-0.2, 0) is 6.42 Å². The monoisotopic (exact) mass is 555 g/mol. The molecule has 7 rings (SSSR count). The SMILES string of the molecule is CCc1cccc2cc(O)cc(-c3ncc4c(N5CCCCCC5)nc(OCC56CCCN5CCC6)nc4c3F)c12. The molecule has 0 atom stereocenters. The second kappa shape index (κ2) is 10.7. The number of hydrogen-bond acceptors (Lipinski definition) is 7. The van der Waals surface area contributed by atoms with Gasteiger partial charge in [0.1, 0.15) is 29.4 Å². The van der Waals surface area contributed by atoms with Crippen molar-refractivity contribution in [3.05, 3.63) is 47.9 Å². The van der Waals surface area contributed by atoms with Gasteiger partial charge in [-0.25, -0.2) is 4.39 Å². The second-order valence-corrected chi connectivity index (χ2v) is 12.0. The quantitative estimate of drug-likeness (QED) is 0.286. The summed E-state index contributed by atoms with van der Waals surface area (Å²) in [6, 6.07) is 9.52. The molecule has 0 bridgehead atoms. The van der Waals surface area contributed by atoms with Crippen LogP contribution < -0.4 is 9.64 Å². The van der Waals surface area contributed by atoms with Crippen molar-refractivity contribution in [2.24, 2.45) is 0 Å². The van der Waals surface area contributed by atoms with E-state index in [0.717, 1.165) is 74.6 Å². The number of phenols is 1. The fraction of sp³-hybridized carbons (Fsp3) is 0.485. The van der Waals surface area contributed by atoms with Crippen molar-refractivity contribution in [2.75, 3.05) is 37.7 Å². The Balaban J connectivity index is 1.37. The summed E-state index contributed by atoms with van der Waals surface area (Å²) in [5.41, 5.74) is 2.09. The van der Waals surface area contributed by atoms with E-state index in [4.69, 9.17) is 14.7 Å². The first-order valence-electron chi connectivity index (χ1n) is 15.3. The lowest BCUT2D eigenvalue weighted by molar-refractivity contribution is 0.108. The molecule has 0 radical (unpaired) electrons. The van der Waals surface area contributed by atoms with Crippen LogP contribution in [0.25, 0.3) is 32.9 Å². The van der Waals surface area contributed by atoms with Gasteiger partial charge in [-0.1, -0.05) is 38.0 Å². The Bertz CT molecular complexity index is 1590. The highest BCUT2D eigenvalue weighted by molar-refractivity contribution is 6.01. The molecular weight excluding hydrogens is 517 g/mol. The summed E-state index contributed by atoms with van der Waals surface area (Å²) in [6.45, 7) is 6.56. The van der Waals surface area contributed by atoms with E-state index in [9.17, 15) is 5.11 Å². The van der Waals surface area contributed by atoms with Crippen molar-refractivity contribution in [2.45, 2.75) is 70.3 Å². The molecule has 0 spiro atoms. The largest absolute Gasteiger partial charge is 0.508 e. The molecule has 3 fully saturated rings. The van der Waals surface area contributed by atoms with Crippen molar-refractivity contribution in [1.29, 1.82) is 0 Å². The second-order valence-electron chi connectivity index (χ2n) is 12.0. The van der Waals surface area contributed by atoms with Crippen LogP contribution in [-0.4, -0.2) is 63.3 Å². The molecule has 0 amide bonds. The minimum Gasteiger partial charge on any atom is -0.508 e. The third-order valence-corrected chi connectivity index (χ3v) is 9.51. The number of pyridine rings is 1. The smallest absolute Gasteiger partial charge is 0.319 e. The van der Waals surface area contributed by atoms with Crippen molar-refractivity contribution in [3.8, 4) is 23.0 Å². The molecular formula is C33H38FN5O2. The zero-order chi connectivity index (χ0) is 28.0. The highest BCUT2D eigenvalue weighted by Crippen LogP contribution is 2.41. The third-order valence-electron chi connectivity index (χ3n) is 9.51. The van der Waals surface area contributed by atoms with Crippen molar-refractivity contribution in [1.82, 2.24) is 19.9 Å². The van der Waals surface area contributed by atoms with Crippen LogP contribution in [0.2, 0.25) is 0 Å². The molecule has 0 unspecified atom stereocenters. The molecule has 5 heterocycles. The lowest BCUT2D eigenvalue weighted by atomic mass is 9.95. The molecule has 3 saturated heterocycles. The van der Waals surface area contributed by atoms with Gasteiger partial charge < -0.3 is 14.7 Å². The number of fused-ring (bicyclic) bond motifs is 3. The maximum Gasteiger partial charge on any atom is 0.319 e. The van der Waals surface area contributed by atoms with Crippen LogP contribution in [0.15, 0.2) is 36.5 Å². The van der Waals surface area contributed by atoms with Gasteiger partial charge in [0.25, 0.3) is 0 Å². The van der Waals surface area contributed by atoms with Gasteiger partial charge in [-0.2, -0.15) is 9.97 Å². The Kier molecular flexibility index (Phi) is 6.89. The molecule has 8 heteroatoms. The lowest BCUT2D eigenvalue weighted by Gasteiger charge is -2.31. The number of phenolic OH excluding ortho intramolecular Hbond substituents is 1. The summed E-state index contributed by atoms with van der Waals surface area (Å²) in [7, 11) is 0. The van der Waals surface area contributed by atoms with Gasteiger partial charge in [0.2, 0.25) is 0 Å². The Labute approximate surface area is 240 Å². The number of aryl methyl sites for hydroxylation is 1. The van der Waals surface area contributed by atoms with Gasteiger partial charge in [-0.15, -0.1) is 0 Å². The highest BCUT2D eigenvalue weighted by Gasteiger charge is 2.45. The molecule has 41 heavy (non-hydrogen) atoms. The van der Waals surface area contributed by atoms with E-state index in [0.29, 0.717) is 23.4 Å². The van der Waals surface area contributed by atoms with Gasteiger partial charge >= 0.3 is 6.01 Å². The summed E-state index contributed by atoms with van der Waals surface area (Å²) in [4.78, 5) is 19.1. The van der Waals surface area contributed by atoms with Crippen molar-refractivity contribution < 1.29 is 14.2 Å². The molecule has 1 N–H and O–H groups in total. The minimum absolute atomic E-state index is 0.0417. The number of aromatic hydroxyl groups is 1. The van der Waals surface area contributed by atoms with E-state index in [1.807, 2.05) is 18.2 Å². The van der Waals surface area contributed by atoms with E-state index in [2.05, 4.69) is 21.7 Å². The number of hydrogen-bond donors (Lipinski definition) is 1. The molecule has 0 saturated carbocycles. The molecule has 4 aromatic rings. The van der Waals surface area contributed by atoms with Crippen LogP contribution in [0.3, 0.4) is 0 Å². The number of rotatable bonds is 6. The van der Waals surface area contributed by atoms with Crippen LogP contribution in [0.4, 0.5) is 10.2 Å². The Morgan fingerprint density at radius 3 is 2.51 bits per heavy atom. The van der Waals surface area contributed by atoms with Gasteiger partial charge in [0.05, 0.1) is 10.9 Å². The zero-order valence-corrected chi connectivity index (χ0v) is 23.8. The molecule has 3 aliphatic rings.